The van der Waals surface area contributed by atoms with E-state index in [2.05, 4.69) is 79.5 Å². The zero-order valence-electron chi connectivity index (χ0n) is 12.3. The maximum atomic E-state index is 4.61. The van der Waals surface area contributed by atoms with Crippen LogP contribution >= 0.6 is 7.92 Å². The molecule has 104 valence electrons. The molecule has 0 N–H and O–H groups in total. The molecule has 0 saturated carbocycles. The highest BCUT2D eigenvalue weighted by atomic mass is 31.1. The molecular formula is C19H18NP. The van der Waals surface area contributed by atoms with Crippen molar-refractivity contribution in [2.75, 3.05) is 0 Å². The van der Waals surface area contributed by atoms with Crippen LogP contribution in [0.3, 0.4) is 0 Å². The Morgan fingerprint density at radius 3 is 1.62 bits per heavy atom. The van der Waals surface area contributed by atoms with E-state index in [4.69, 9.17) is 0 Å². The van der Waals surface area contributed by atoms with Crippen molar-refractivity contribution in [1.82, 2.24) is 4.98 Å². The minimum atomic E-state index is -0.582. The van der Waals surface area contributed by atoms with Crippen LogP contribution in [0.25, 0.3) is 0 Å². The van der Waals surface area contributed by atoms with Gasteiger partial charge in [0.2, 0.25) is 0 Å². The molecule has 0 bridgehead atoms. The van der Waals surface area contributed by atoms with Crippen molar-refractivity contribution in [3.05, 3.63) is 84.1 Å². The summed E-state index contributed by atoms with van der Waals surface area (Å²) in [4.78, 5) is 4.61. The monoisotopic (exact) mass is 291 g/mol. The van der Waals surface area contributed by atoms with Gasteiger partial charge in [-0.05, 0) is 36.6 Å². The highest BCUT2D eigenvalue weighted by Crippen LogP contribution is 2.31. The van der Waals surface area contributed by atoms with Crippen LogP contribution in [0, 0.1) is 13.8 Å². The summed E-state index contributed by atoms with van der Waals surface area (Å²) >= 11 is 0. The van der Waals surface area contributed by atoms with Crippen molar-refractivity contribution in [2.45, 2.75) is 13.8 Å². The highest BCUT2D eigenvalue weighted by Gasteiger charge is 2.17. The molecule has 3 rings (SSSR count). The van der Waals surface area contributed by atoms with Gasteiger partial charge < -0.3 is 0 Å². The van der Waals surface area contributed by atoms with Crippen molar-refractivity contribution in [1.29, 1.82) is 0 Å². The third-order valence-corrected chi connectivity index (χ3v) is 5.81. The Morgan fingerprint density at radius 2 is 1.19 bits per heavy atom. The molecule has 0 saturated heterocycles. The van der Waals surface area contributed by atoms with Gasteiger partial charge in [0, 0.05) is 14.1 Å². The second-order valence-electron chi connectivity index (χ2n) is 5.19. The van der Waals surface area contributed by atoms with E-state index in [-0.39, 0.29) is 0 Å². The first-order valence-corrected chi connectivity index (χ1v) is 8.43. The number of hydrogen-bond acceptors (Lipinski definition) is 1. The molecule has 0 aliphatic rings. The molecule has 1 aromatic heterocycles. The standard InChI is InChI=1S/C19H18NP/c1-15-6-10-17(11-7-15)21(19-5-3-4-14-20-19)18-12-8-16(2)9-13-18/h3-14H,1-2H3. The van der Waals surface area contributed by atoms with E-state index < -0.39 is 7.92 Å². The Bertz CT molecular complexity index is 657. The molecule has 0 radical (unpaired) electrons. The van der Waals surface area contributed by atoms with Gasteiger partial charge in [-0.25, -0.2) is 0 Å². The topological polar surface area (TPSA) is 12.9 Å². The predicted octanol–water partition coefficient (Wildman–Crippen LogP) is 3.46. The fourth-order valence-corrected chi connectivity index (χ4v) is 4.43. The number of hydrogen-bond donors (Lipinski definition) is 0. The zero-order chi connectivity index (χ0) is 14.7. The van der Waals surface area contributed by atoms with Crippen LogP contribution in [-0.2, 0) is 0 Å². The Balaban J connectivity index is 2.11. The van der Waals surface area contributed by atoms with Crippen molar-refractivity contribution in [2.24, 2.45) is 0 Å². The van der Waals surface area contributed by atoms with Crippen molar-refractivity contribution >= 4 is 24.0 Å². The number of aryl methyl sites for hydroxylation is 2. The molecule has 0 unspecified atom stereocenters. The van der Waals surface area contributed by atoms with Crippen molar-refractivity contribution in [3.63, 3.8) is 0 Å². The summed E-state index contributed by atoms with van der Waals surface area (Å²) in [6.45, 7) is 4.25. The van der Waals surface area contributed by atoms with Gasteiger partial charge in [0.1, 0.15) is 0 Å². The van der Waals surface area contributed by atoms with E-state index in [1.54, 1.807) is 0 Å². The van der Waals surface area contributed by atoms with Gasteiger partial charge >= 0.3 is 0 Å². The summed E-state index contributed by atoms with van der Waals surface area (Å²) in [5.74, 6) is 0. The summed E-state index contributed by atoms with van der Waals surface area (Å²) in [6, 6.07) is 23.8. The zero-order valence-corrected chi connectivity index (χ0v) is 13.2. The summed E-state index contributed by atoms with van der Waals surface area (Å²) in [5.41, 5.74) is 3.73. The highest BCUT2D eigenvalue weighted by molar-refractivity contribution is 7.79. The smallest absolute Gasteiger partial charge is 0.0720 e. The molecular weight excluding hydrogens is 273 g/mol. The molecule has 1 nitrogen and oxygen atoms in total. The Hall–Kier alpha value is -1.98. The van der Waals surface area contributed by atoms with E-state index in [0.717, 1.165) is 5.44 Å². The van der Waals surface area contributed by atoms with Crippen LogP contribution in [0.4, 0.5) is 0 Å². The van der Waals surface area contributed by atoms with Gasteiger partial charge in [-0.1, -0.05) is 65.7 Å². The Morgan fingerprint density at radius 1 is 0.667 bits per heavy atom. The predicted molar refractivity (Wildman–Crippen MR) is 92.4 cm³/mol. The van der Waals surface area contributed by atoms with Crippen LogP contribution < -0.4 is 16.0 Å². The lowest BCUT2D eigenvalue weighted by molar-refractivity contribution is 1.39. The lowest BCUT2D eigenvalue weighted by atomic mass is 10.2. The summed E-state index contributed by atoms with van der Waals surface area (Å²) in [6.07, 6.45) is 1.88. The van der Waals surface area contributed by atoms with Crippen LogP contribution in [0.15, 0.2) is 72.9 Å². The average Bonchev–Trinajstić information content (AvgIpc) is 2.52. The maximum absolute atomic E-state index is 4.61. The SMILES string of the molecule is Cc1ccc(P(c2ccc(C)cc2)c2ccccn2)cc1. The molecule has 0 atom stereocenters. The number of nitrogens with zero attached hydrogens (tertiary/aromatic N) is 1. The number of pyridine rings is 1. The van der Waals surface area contributed by atoms with Crippen molar-refractivity contribution in [3.8, 4) is 0 Å². The van der Waals surface area contributed by atoms with Gasteiger partial charge in [-0.3, -0.25) is 4.98 Å². The van der Waals surface area contributed by atoms with Crippen LogP contribution in [0.2, 0.25) is 0 Å². The second kappa shape index (κ2) is 6.20. The van der Waals surface area contributed by atoms with Gasteiger partial charge in [0.15, 0.2) is 0 Å². The van der Waals surface area contributed by atoms with Crippen LogP contribution in [-0.4, -0.2) is 4.98 Å². The van der Waals surface area contributed by atoms with Gasteiger partial charge in [0.05, 0.1) is 5.44 Å². The minimum Gasteiger partial charge on any atom is -0.256 e. The molecule has 21 heavy (non-hydrogen) atoms. The fraction of sp³-hybridized carbons (Fsp3) is 0.105. The van der Waals surface area contributed by atoms with Gasteiger partial charge in [-0.15, -0.1) is 0 Å². The number of benzene rings is 2. The van der Waals surface area contributed by atoms with E-state index in [9.17, 15) is 0 Å². The third-order valence-electron chi connectivity index (χ3n) is 3.46. The summed E-state index contributed by atoms with van der Waals surface area (Å²) in [7, 11) is -0.582. The molecule has 1 heterocycles. The molecule has 0 aliphatic carbocycles. The molecule has 2 heteroatoms. The van der Waals surface area contributed by atoms with E-state index in [0.29, 0.717) is 0 Å². The minimum absolute atomic E-state index is 0.582. The van der Waals surface area contributed by atoms with E-state index >= 15 is 0 Å². The first-order valence-electron chi connectivity index (χ1n) is 7.08. The molecule has 2 aromatic carbocycles. The van der Waals surface area contributed by atoms with Crippen molar-refractivity contribution < 1.29 is 0 Å². The first-order chi connectivity index (χ1) is 10.2. The maximum Gasteiger partial charge on any atom is 0.0720 e. The van der Waals surface area contributed by atoms with Gasteiger partial charge in [-0.2, -0.15) is 0 Å². The van der Waals surface area contributed by atoms with E-state index in [1.807, 2.05) is 12.3 Å². The lowest BCUT2D eigenvalue weighted by Gasteiger charge is -2.18. The Labute approximate surface area is 127 Å². The molecule has 0 aliphatic heterocycles. The van der Waals surface area contributed by atoms with Crippen LogP contribution in [0.1, 0.15) is 11.1 Å². The Kier molecular flexibility index (Phi) is 4.13. The first kappa shape index (κ1) is 14.0. The average molecular weight is 291 g/mol. The van der Waals surface area contributed by atoms with E-state index in [1.165, 1.54) is 21.7 Å². The lowest BCUT2D eigenvalue weighted by Crippen LogP contribution is -2.22. The quantitative estimate of drug-likeness (QED) is 0.674. The largest absolute Gasteiger partial charge is 0.256 e. The fourth-order valence-electron chi connectivity index (χ4n) is 2.29. The third kappa shape index (κ3) is 3.20. The van der Waals surface area contributed by atoms with Gasteiger partial charge in [0.25, 0.3) is 0 Å². The normalized spacial score (nSPS) is 10.8. The molecule has 0 spiro atoms. The molecule has 3 aromatic rings. The molecule has 0 amide bonds. The van der Waals surface area contributed by atoms with Crippen LogP contribution in [0.5, 0.6) is 0 Å². The summed E-state index contributed by atoms with van der Waals surface area (Å²) in [5, 5.41) is 2.69. The molecule has 0 fully saturated rings. The number of aromatic nitrogens is 1. The summed E-state index contributed by atoms with van der Waals surface area (Å²) < 4.78 is 0. The second-order valence-corrected chi connectivity index (χ2v) is 7.36. The number of rotatable bonds is 3.